The van der Waals surface area contributed by atoms with Crippen molar-refractivity contribution in [2.24, 2.45) is 5.92 Å². The fourth-order valence-corrected chi connectivity index (χ4v) is 2.38. The average Bonchev–Trinajstić information content (AvgIpc) is 2.40. The molecule has 2 rings (SSSR count). The smallest absolute Gasteiger partial charge is 0.141 e. The molecule has 0 amide bonds. The summed E-state index contributed by atoms with van der Waals surface area (Å²) in [5.74, 6) is 0.314. The van der Waals surface area contributed by atoms with Gasteiger partial charge in [-0.15, -0.1) is 0 Å². The van der Waals surface area contributed by atoms with E-state index in [0.29, 0.717) is 5.92 Å². The van der Waals surface area contributed by atoms with Gasteiger partial charge >= 0.3 is 0 Å². The molecule has 1 aliphatic rings. The summed E-state index contributed by atoms with van der Waals surface area (Å²) in [5.41, 5.74) is 1.02. The van der Waals surface area contributed by atoms with Gasteiger partial charge in [0.15, 0.2) is 0 Å². The van der Waals surface area contributed by atoms with Crippen LogP contribution < -0.4 is 5.32 Å². The van der Waals surface area contributed by atoms with E-state index in [1.807, 2.05) is 0 Å². The van der Waals surface area contributed by atoms with Crippen LogP contribution in [0.1, 0.15) is 31.4 Å². The maximum atomic E-state index is 13.1. The summed E-state index contributed by atoms with van der Waals surface area (Å²) < 4.78 is 18.4. The Labute approximate surface area is 112 Å². The van der Waals surface area contributed by atoms with Crippen LogP contribution in [0.15, 0.2) is 18.2 Å². The lowest BCUT2D eigenvalue weighted by atomic mass is 9.99. The van der Waals surface area contributed by atoms with Crippen LogP contribution in [-0.4, -0.2) is 19.8 Å². The van der Waals surface area contributed by atoms with Crippen LogP contribution in [-0.2, 0) is 4.74 Å². The van der Waals surface area contributed by atoms with Crippen molar-refractivity contribution in [1.29, 1.82) is 0 Å². The maximum Gasteiger partial charge on any atom is 0.141 e. The number of benzene rings is 1. The van der Waals surface area contributed by atoms with Gasteiger partial charge in [0.1, 0.15) is 5.82 Å². The van der Waals surface area contributed by atoms with Crippen molar-refractivity contribution in [3.05, 3.63) is 34.6 Å². The van der Waals surface area contributed by atoms with Crippen molar-refractivity contribution >= 4 is 11.6 Å². The van der Waals surface area contributed by atoms with E-state index in [4.69, 9.17) is 16.3 Å². The van der Waals surface area contributed by atoms with Gasteiger partial charge in [-0.2, -0.15) is 0 Å². The summed E-state index contributed by atoms with van der Waals surface area (Å²) in [7, 11) is 0. The standard InChI is InChI=1S/C14H19ClFNO/c1-10(12-2-3-14(16)13(15)8-12)17-9-11-4-6-18-7-5-11/h2-3,8,10-11,17H,4-7,9H2,1H3. The molecule has 18 heavy (non-hydrogen) atoms. The molecular weight excluding hydrogens is 253 g/mol. The number of hydrogen-bond donors (Lipinski definition) is 1. The molecule has 0 radical (unpaired) electrons. The molecule has 0 spiro atoms. The lowest BCUT2D eigenvalue weighted by Crippen LogP contribution is -2.29. The number of ether oxygens (including phenoxy) is 1. The van der Waals surface area contributed by atoms with Gasteiger partial charge in [-0.1, -0.05) is 17.7 Å². The maximum absolute atomic E-state index is 13.1. The Hall–Kier alpha value is -0.640. The molecule has 4 heteroatoms. The SMILES string of the molecule is CC(NCC1CCOCC1)c1ccc(F)c(Cl)c1. The Balaban J connectivity index is 1.86. The Bertz CT molecular complexity index is 393. The Morgan fingerprint density at radius 1 is 1.44 bits per heavy atom. The summed E-state index contributed by atoms with van der Waals surface area (Å²) in [6, 6.07) is 5.08. The third-order valence-electron chi connectivity index (χ3n) is 3.50. The van der Waals surface area contributed by atoms with Crippen molar-refractivity contribution in [3.8, 4) is 0 Å². The third kappa shape index (κ3) is 3.67. The van der Waals surface area contributed by atoms with Crippen LogP contribution >= 0.6 is 11.6 Å². The first-order chi connectivity index (χ1) is 8.66. The van der Waals surface area contributed by atoms with Crippen molar-refractivity contribution in [3.63, 3.8) is 0 Å². The third-order valence-corrected chi connectivity index (χ3v) is 3.79. The second-order valence-electron chi connectivity index (χ2n) is 4.86. The predicted molar refractivity (Wildman–Crippen MR) is 71.4 cm³/mol. The number of rotatable bonds is 4. The molecule has 1 fully saturated rings. The zero-order valence-corrected chi connectivity index (χ0v) is 11.3. The van der Waals surface area contributed by atoms with Crippen LogP contribution in [0.4, 0.5) is 4.39 Å². The van der Waals surface area contributed by atoms with Gasteiger partial charge in [0.2, 0.25) is 0 Å². The van der Waals surface area contributed by atoms with E-state index < -0.39 is 0 Å². The minimum atomic E-state index is -0.364. The molecule has 1 saturated heterocycles. The van der Waals surface area contributed by atoms with Crippen LogP contribution in [0.2, 0.25) is 5.02 Å². The first kappa shape index (κ1) is 13.8. The highest BCUT2D eigenvalue weighted by Crippen LogP contribution is 2.21. The van der Waals surface area contributed by atoms with Gasteiger partial charge in [0, 0.05) is 19.3 Å². The second-order valence-corrected chi connectivity index (χ2v) is 5.27. The first-order valence-corrected chi connectivity index (χ1v) is 6.80. The van der Waals surface area contributed by atoms with Crippen molar-refractivity contribution in [1.82, 2.24) is 5.32 Å². The molecular formula is C14H19ClFNO. The van der Waals surface area contributed by atoms with Gasteiger partial charge in [0.05, 0.1) is 5.02 Å². The lowest BCUT2D eigenvalue weighted by Gasteiger charge is -2.24. The van der Waals surface area contributed by atoms with Crippen LogP contribution in [0.3, 0.4) is 0 Å². The monoisotopic (exact) mass is 271 g/mol. The van der Waals surface area contributed by atoms with E-state index >= 15 is 0 Å². The number of hydrogen-bond acceptors (Lipinski definition) is 2. The second kappa shape index (κ2) is 6.50. The quantitative estimate of drug-likeness (QED) is 0.904. The molecule has 0 aromatic heterocycles. The number of halogens is 2. The molecule has 0 bridgehead atoms. The van der Waals surface area contributed by atoms with Crippen LogP contribution in [0, 0.1) is 11.7 Å². The first-order valence-electron chi connectivity index (χ1n) is 6.43. The lowest BCUT2D eigenvalue weighted by molar-refractivity contribution is 0.0656. The summed E-state index contributed by atoms with van der Waals surface area (Å²) >= 11 is 5.79. The fraction of sp³-hybridized carbons (Fsp3) is 0.571. The highest BCUT2D eigenvalue weighted by molar-refractivity contribution is 6.30. The summed E-state index contributed by atoms with van der Waals surface area (Å²) in [6.07, 6.45) is 2.23. The highest BCUT2D eigenvalue weighted by Gasteiger charge is 2.15. The minimum Gasteiger partial charge on any atom is -0.381 e. The normalized spacial score (nSPS) is 18.8. The topological polar surface area (TPSA) is 21.3 Å². The van der Waals surface area contributed by atoms with E-state index in [1.54, 1.807) is 12.1 Å². The summed E-state index contributed by atoms with van der Waals surface area (Å²) in [5, 5.41) is 3.67. The van der Waals surface area contributed by atoms with E-state index in [-0.39, 0.29) is 16.9 Å². The molecule has 1 aromatic carbocycles. The van der Waals surface area contributed by atoms with Crippen molar-refractivity contribution in [2.75, 3.05) is 19.8 Å². The van der Waals surface area contributed by atoms with E-state index in [1.165, 1.54) is 6.07 Å². The Morgan fingerprint density at radius 3 is 2.83 bits per heavy atom. The molecule has 2 nitrogen and oxygen atoms in total. The largest absolute Gasteiger partial charge is 0.381 e. The Morgan fingerprint density at radius 2 is 2.17 bits per heavy atom. The van der Waals surface area contributed by atoms with Crippen LogP contribution in [0.5, 0.6) is 0 Å². The van der Waals surface area contributed by atoms with Gasteiger partial charge in [0.25, 0.3) is 0 Å². The van der Waals surface area contributed by atoms with E-state index in [2.05, 4.69) is 12.2 Å². The zero-order chi connectivity index (χ0) is 13.0. The molecule has 1 atom stereocenters. The van der Waals surface area contributed by atoms with Crippen molar-refractivity contribution in [2.45, 2.75) is 25.8 Å². The molecule has 100 valence electrons. The number of nitrogens with one attached hydrogen (secondary N) is 1. The molecule has 1 aromatic rings. The average molecular weight is 272 g/mol. The Kier molecular flexibility index (Phi) is 4.98. The van der Waals surface area contributed by atoms with Gasteiger partial charge in [-0.3, -0.25) is 0 Å². The highest BCUT2D eigenvalue weighted by atomic mass is 35.5. The molecule has 0 saturated carbocycles. The van der Waals surface area contributed by atoms with E-state index in [0.717, 1.165) is 38.2 Å². The van der Waals surface area contributed by atoms with Crippen molar-refractivity contribution < 1.29 is 9.13 Å². The zero-order valence-electron chi connectivity index (χ0n) is 10.6. The molecule has 1 aliphatic heterocycles. The van der Waals surface area contributed by atoms with E-state index in [9.17, 15) is 4.39 Å². The van der Waals surface area contributed by atoms with Gasteiger partial charge in [-0.25, -0.2) is 4.39 Å². The molecule has 0 aliphatic carbocycles. The predicted octanol–water partition coefficient (Wildman–Crippen LogP) is 3.56. The molecule has 1 unspecified atom stereocenters. The summed E-state index contributed by atoms with van der Waals surface area (Å²) in [4.78, 5) is 0. The van der Waals surface area contributed by atoms with Gasteiger partial charge < -0.3 is 10.1 Å². The van der Waals surface area contributed by atoms with Gasteiger partial charge in [-0.05, 0) is 49.9 Å². The minimum absolute atomic E-state index is 0.186. The van der Waals surface area contributed by atoms with Crippen LogP contribution in [0.25, 0.3) is 0 Å². The molecule has 1 N–H and O–H groups in total. The molecule has 1 heterocycles. The fourth-order valence-electron chi connectivity index (χ4n) is 2.19. The summed E-state index contributed by atoms with van der Waals surface area (Å²) in [6.45, 7) is 4.77.